The Kier molecular flexibility index (Phi) is 5.26. The summed E-state index contributed by atoms with van der Waals surface area (Å²) in [6.45, 7) is 1.42. The maximum atomic E-state index is 12.2. The highest BCUT2D eigenvalue weighted by molar-refractivity contribution is 7.89. The van der Waals surface area contributed by atoms with Gasteiger partial charge in [0.15, 0.2) is 0 Å². The van der Waals surface area contributed by atoms with Crippen molar-refractivity contribution in [2.45, 2.75) is 30.2 Å². The van der Waals surface area contributed by atoms with Crippen molar-refractivity contribution in [3.63, 3.8) is 0 Å². The molecule has 0 amide bonds. The molecule has 112 valence electrons. The fourth-order valence-corrected chi connectivity index (χ4v) is 3.67. The van der Waals surface area contributed by atoms with E-state index in [0.717, 1.165) is 25.8 Å². The number of rotatable bonds is 6. The first kappa shape index (κ1) is 15.6. The highest BCUT2D eigenvalue weighted by atomic mass is 35.5. The van der Waals surface area contributed by atoms with Crippen molar-refractivity contribution in [2.24, 2.45) is 0 Å². The topological polar surface area (TPSA) is 67.4 Å². The number of ether oxygens (including phenoxy) is 1. The Morgan fingerprint density at radius 3 is 2.95 bits per heavy atom. The van der Waals surface area contributed by atoms with Crippen molar-refractivity contribution in [2.75, 3.05) is 20.2 Å². The van der Waals surface area contributed by atoms with E-state index in [2.05, 4.69) is 10.0 Å². The number of methoxy groups -OCH3 is 1. The molecule has 0 saturated carbocycles. The lowest BCUT2D eigenvalue weighted by molar-refractivity contribution is 0.402. The molecular formula is C13H19ClN2O3S. The van der Waals surface area contributed by atoms with Crippen LogP contribution in [-0.4, -0.2) is 34.7 Å². The first-order chi connectivity index (χ1) is 9.53. The van der Waals surface area contributed by atoms with Crippen LogP contribution in [0.5, 0.6) is 5.75 Å². The van der Waals surface area contributed by atoms with Crippen molar-refractivity contribution in [1.29, 1.82) is 0 Å². The second-order valence-electron chi connectivity index (χ2n) is 4.77. The SMILES string of the molecule is COc1cc(Cl)ccc1S(=O)(=O)NCCC1CCCN1. The van der Waals surface area contributed by atoms with E-state index in [1.165, 1.54) is 25.3 Å². The summed E-state index contributed by atoms with van der Waals surface area (Å²) in [5.74, 6) is 0.254. The van der Waals surface area contributed by atoms with Crippen LogP contribution in [0.1, 0.15) is 19.3 Å². The summed E-state index contributed by atoms with van der Waals surface area (Å²) in [5, 5.41) is 3.78. The standard InChI is InChI=1S/C13H19ClN2O3S/c1-19-12-9-10(14)4-5-13(12)20(17,18)16-8-6-11-3-2-7-15-11/h4-5,9,11,15-16H,2-3,6-8H2,1H3. The molecule has 7 heteroatoms. The molecule has 1 fully saturated rings. The van der Waals surface area contributed by atoms with E-state index in [0.29, 0.717) is 17.6 Å². The van der Waals surface area contributed by atoms with Gasteiger partial charge in [-0.15, -0.1) is 0 Å². The fourth-order valence-electron chi connectivity index (χ4n) is 2.31. The van der Waals surface area contributed by atoms with E-state index in [1.807, 2.05) is 0 Å². The molecule has 2 rings (SSSR count). The highest BCUT2D eigenvalue weighted by Gasteiger charge is 2.20. The zero-order valence-corrected chi connectivity index (χ0v) is 12.9. The first-order valence-electron chi connectivity index (χ1n) is 6.59. The van der Waals surface area contributed by atoms with Crippen molar-refractivity contribution in [3.8, 4) is 5.75 Å². The number of sulfonamides is 1. The van der Waals surface area contributed by atoms with Gasteiger partial charge in [0.2, 0.25) is 10.0 Å². The number of benzene rings is 1. The summed E-state index contributed by atoms with van der Waals surface area (Å²) >= 11 is 5.83. The van der Waals surface area contributed by atoms with E-state index in [-0.39, 0.29) is 10.6 Å². The van der Waals surface area contributed by atoms with E-state index < -0.39 is 10.0 Å². The average molecular weight is 319 g/mol. The minimum Gasteiger partial charge on any atom is -0.495 e. The third-order valence-electron chi connectivity index (χ3n) is 3.36. The van der Waals surface area contributed by atoms with E-state index >= 15 is 0 Å². The average Bonchev–Trinajstić information content (AvgIpc) is 2.91. The third kappa shape index (κ3) is 3.85. The summed E-state index contributed by atoms with van der Waals surface area (Å²) in [5.41, 5.74) is 0. The van der Waals surface area contributed by atoms with Gasteiger partial charge in [-0.3, -0.25) is 0 Å². The maximum absolute atomic E-state index is 12.2. The summed E-state index contributed by atoms with van der Waals surface area (Å²) in [6, 6.07) is 4.90. The van der Waals surface area contributed by atoms with Crippen LogP contribution < -0.4 is 14.8 Å². The minimum atomic E-state index is -3.57. The van der Waals surface area contributed by atoms with E-state index in [1.54, 1.807) is 0 Å². The molecule has 0 aliphatic carbocycles. The van der Waals surface area contributed by atoms with Crippen LogP contribution in [0.15, 0.2) is 23.1 Å². The minimum absolute atomic E-state index is 0.115. The predicted molar refractivity (Wildman–Crippen MR) is 78.8 cm³/mol. The summed E-state index contributed by atoms with van der Waals surface area (Å²) in [7, 11) is -2.15. The molecular weight excluding hydrogens is 300 g/mol. The van der Waals surface area contributed by atoms with Gasteiger partial charge in [0.05, 0.1) is 7.11 Å². The van der Waals surface area contributed by atoms with Crippen LogP contribution in [0.3, 0.4) is 0 Å². The van der Waals surface area contributed by atoms with Gasteiger partial charge in [-0.1, -0.05) is 11.6 Å². The zero-order valence-electron chi connectivity index (χ0n) is 11.4. The zero-order chi connectivity index (χ0) is 14.6. The fraction of sp³-hybridized carbons (Fsp3) is 0.538. The van der Waals surface area contributed by atoms with Gasteiger partial charge >= 0.3 is 0 Å². The van der Waals surface area contributed by atoms with Crippen molar-refractivity contribution < 1.29 is 13.2 Å². The molecule has 0 aromatic heterocycles. The lowest BCUT2D eigenvalue weighted by Gasteiger charge is -2.13. The number of hydrogen-bond acceptors (Lipinski definition) is 4. The van der Waals surface area contributed by atoms with Crippen LogP contribution in [0.25, 0.3) is 0 Å². The molecule has 1 aliphatic heterocycles. The molecule has 1 heterocycles. The van der Waals surface area contributed by atoms with Crippen LogP contribution in [0.2, 0.25) is 5.02 Å². The van der Waals surface area contributed by atoms with Gasteiger partial charge in [-0.25, -0.2) is 13.1 Å². The summed E-state index contributed by atoms with van der Waals surface area (Å²) in [4.78, 5) is 0.115. The largest absolute Gasteiger partial charge is 0.495 e. The molecule has 1 aliphatic rings. The lowest BCUT2D eigenvalue weighted by Crippen LogP contribution is -2.30. The smallest absolute Gasteiger partial charge is 0.244 e. The Morgan fingerprint density at radius 2 is 2.30 bits per heavy atom. The predicted octanol–water partition coefficient (Wildman–Crippen LogP) is 1.77. The first-order valence-corrected chi connectivity index (χ1v) is 8.45. The Hall–Kier alpha value is -0.820. The van der Waals surface area contributed by atoms with Crippen LogP contribution in [-0.2, 0) is 10.0 Å². The Labute approximate surface area is 124 Å². The Morgan fingerprint density at radius 1 is 1.50 bits per heavy atom. The molecule has 1 aromatic rings. The molecule has 1 saturated heterocycles. The van der Waals surface area contributed by atoms with E-state index in [9.17, 15) is 8.42 Å². The molecule has 2 N–H and O–H groups in total. The van der Waals surface area contributed by atoms with Gasteiger partial charge in [0.1, 0.15) is 10.6 Å². The van der Waals surface area contributed by atoms with Gasteiger partial charge < -0.3 is 10.1 Å². The third-order valence-corrected chi connectivity index (χ3v) is 5.10. The maximum Gasteiger partial charge on any atom is 0.244 e. The molecule has 0 bridgehead atoms. The quantitative estimate of drug-likeness (QED) is 0.839. The molecule has 20 heavy (non-hydrogen) atoms. The molecule has 1 aromatic carbocycles. The molecule has 1 unspecified atom stereocenters. The lowest BCUT2D eigenvalue weighted by atomic mass is 10.2. The van der Waals surface area contributed by atoms with Crippen molar-refractivity contribution in [3.05, 3.63) is 23.2 Å². The number of halogens is 1. The van der Waals surface area contributed by atoms with Gasteiger partial charge in [-0.05, 0) is 37.9 Å². The van der Waals surface area contributed by atoms with Crippen LogP contribution in [0, 0.1) is 0 Å². The van der Waals surface area contributed by atoms with E-state index in [4.69, 9.17) is 16.3 Å². The Balaban J connectivity index is 2.02. The molecule has 1 atom stereocenters. The van der Waals surface area contributed by atoms with Crippen LogP contribution in [0.4, 0.5) is 0 Å². The second kappa shape index (κ2) is 6.76. The molecule has 0 radical (unpaired) electrons. The monoisotopic (exact) mass is 318 g/mol. The summed E-state index contributed by atoms with van der Waals surface area (Å²) in [6.07, 6.45) is 3.05. The Bertz CT molecular complexity index is 557. The van der Waals surface area contributed by atoms with Crippen molar-refractivity contribution in [1.82, 2.24) is 10.0 Å². The van der Waals surface area contributed by atoms with Crippen molar-refractivity contribution >= 4 is 21.6 Å². The number of nitrogens with one attached hydrogen (secondary N) is 2. The summed E-state index contributed by atoms with van der Waals surface area (Å²) < 4.78 is 32.2. The second-order valence-corrected chi connectivity index (χ2v) is 6.95. The molecule has 5 nitrogen and oxygen atoms in total. The molecule has 0 spiro atoms. The number of hydrogen-bond donors (Lipinski definition) is 2. The van der Waals surface area contributed by atoms with Gasteiger partial charge in [-0.2, -0.15) is 0 Å². The van der Waals surface area contributed by atoms with Gasteiger partial charge in [0, 0.05) is 23.7 Å². The van der Waals surface area contributed by atoms with Crippen LogP contribution >= 0.6 is 11.6 Å². The normalized spacial score (nSPS) is 19.2. The van der Waals surface area contributed by atoms with Gasteiger partial charge in [0.25, 0.3) is 0 Å². The highest BCUT2D eigenvalue weighted by Crippen LogP contribution is 2.26.